The van der Waals surface area contributed by atoms with E-state index in [2.05, 4.69) is 0 Å². The Balaban J connectivity index is 2.08. The number of ketones is 1. The summed E-state index contributed by atoms with van der Waals surface area (Å²) >= 11 is 18.6. The first-order chi connectivity index (χ1) is 14.9. The van der Waals surface area contributed by atoms with Gasteiger partial charge in [0.15, 0.2) is 5.78 Å². The molecule has 0 aliphatic carbocycles. The topological polar surface area (TPSA) is 17.1 Å². The fraction of sp³-hybridized carbons (Fsp3) is 0.0741. The van der Waals surface area contributed by atoms with Crippen LogP contribution in [-0.4, -0.2) is 5.78 Å². The van der Waals surface area contributed by atoms with E-state index in [1.165, 1.54) is 0 Å². The van der Waals surface area contributed by atoms with Gasteiger partial charge in [-0.2, -0.15) is 0 Å². The average molecular weight is 466 g/mol. The third-order valence-electron chi connectivity index (χ3n) is 5.49. The standard InChI is InChI=1S/C27H19Cl3O/c1-18-2-4-19(5-3-18)26(31)27(20-6-12-23(28)13-7-20,21-8-14-24(29)15-9-21)22-10-16-25(30)17-11-22/h2-17H,1H3. The predicted octanol–water partition coefficient (Wildman–Crippen LogP) is 8.17. The van der Waals surface area contributed by atoms with Crippen LogP contribution in [0.15, 0.2) is 97.1 Å². The molecule has 4 rings (SSSR count). The number of benzene rings is 4. The zero-order valence-corrected chi connectivity index (χ0v) is 19.0. The first-order valence-corrected chi connectivity index (χ1v) is 10.9. The number of halogens is 3. The number of aryl methyl sites for hydroxylation is 1. The maximum atomic E-state index is 14.3. The van der Waals surface area contributed by atoms with Crippen LogP contribution >= 0.6 is 34.8 Å². The van der Waals surface area contributed by atoms with E-state index in [9.17, 15) is 4.79 Å². The second-order valence-electron chi connectivity index (χ2n) is 7.47. The van der Waals surface area contributed by atoms with Crippen molar-refractivity contribution in [2.24, 2.45) is 0 Å². The number of carbonyl (C=O) groups is 1. The summed E-state index contributed by atoms with van der Waals surface area (Å²) in [5, 5.41) is 1.81. The van der Waals surface area contributed by atoms with E-state index in [0.29, 0.717) is 20.6 Å². The second-order valence-corrected chi connectivity index (χ2v) is 8.78. The van der Waals surface area contributed by atoms with Crippen molar-refractivity contribution in [3.8, 4) is 0 Å². The van der Waals surface area contributed by atoms with Crippen molar-refractivity contribution in [2.75, 3.05) is 0 Å². The van der Waals surface area contributed by atoms with Crippen LogP contribution in [0.3, 0.4) is 0 Å². The lowest BCUT2D eigenvalue weighted by Gasteiger charge is -2.35. The summed E-state index contributed by atoms with van der Waals surface area (Å²) in [5.74, 6) is -0.0422. The molecule has 154 valence electrons. The van der Waals surface area contributed by atoms with Gasteiger partial charge in [0, 0.05) is 20.6 Å². The average Bonchev–Trinajstić information content (AvgIpc) is 2.78. The van der Waals surface area contributed by atoms with Gasteiger partial charge in [0.1, 0.15) is 5.41 Å². The lowest BCUT2D eigenvalue weighted by Crippen LogP contribution is -2.38. The van der Waals surface area contributed by atoms with Crippen LogP contribution in [-0.2, 0) is 5.41 Å². The molecule has 0 saturated heterocycles. The fourth-order valence-electron chi connectivity index (χ4n) is 3.91. The summed E-state index contributed by atoms with van der Waals surface area (Å²) in [6.07, 6.45) is 0. The molecule has 0 heterocycles. The van der Waals surface area contributed by atoms with Crippen molar-refractivity contribution in [1.29, 1.82) is 0 Å². The minimum absolute atomic E-state index is 0.0422. The minimum atomic E-state index is -1.10. The van der Waals surface area contributed by atoms with Gasteiger partial charge in [0.2, 0.25) is 0 Å². The minimum Gasteiger partial charge on any atom is -0.292 e. The number of hydrogen-bond acceptors (Lipinski definition) is 1. The van der Waals surface area contributed by atoms with Crippen LogP contribution in [0.25, 0.3) is 0 Å². The first-order valence-electron chi connectivity index (χ1n) is 9.81. The van der Waals surface area contributed by atoms with Crippen molar-refractivity contribution in [2.45, 2.75) is 12.3 Å². The van der Waals surface area contributed by atoms with Crippen LogP contribution in [0, 0.1) is 6.92 Å². The molecule has 0 saturated carbocycles. The molecule has 0 aromatic heterocycles. The van der Waals surface area contributed by atoms with Crippen molar-refractivity contribution in [1.82, 2.24) is 0 Å². The zero-order chi connectivity index (χ0) is 22.0. The normalized spacial score (nSPS) is 11.4. The molecule has 0 N–H and O–H groups in total. The summed E-state index contributed by atoms with van der Waals surface area (Å²) in [4.78, 5) is 14.3. The molecule has 1 nitrogen and oxygen atoms in total. The van der Waals surface area contributed by atoms with Gasteiger partial charge < -0.3 is 0 Å². The van der Waals surface area contributed by atoms with Gasteiger partial charge in [-0.3, -0.25) is 4.79 Å². The Labute approximate surface area is 197 Å². The second kappa shape index (κ2) is 8.88. The van der Waals surface area contributed by atoms with E-state index in [4.69, 9.17) is 34.8 Å². The van der Waals surface area contributed by atoms with Gasteiger partial charge in [-0.1, -0.05) is 101 Å². The molecular weight excluding hydrogens is 447 g/mol. The van der Waals surface area contributed by atoms with Gasteiger partial charge in [-0.25, -0.2) is 0 Å². The largest absolute Gasteiger partial charge is 0.292 e. The quantitative estimate of drug-likeness (QED) is 0.214. The molecule has 0 aliphatic heterocycles. The molecule has 0 fully saturated rings. The third-order valence-corrected chi connectivity index (χ3v) is 6.24. The number of hydrogen-bond donors (Lipinski definition) is 0. The highest BCUT2D eigenvalue weighted by Gasteiger charge is 2.44. The summed E-state index contributed by atoms with van der Waals surface area (Å²) in [5.41, 5.74) is 3.04. The van der Waals surface area contributed by atoms with Crippen molar-refractivity contribution in [3.05, 3.63) is 140 Å². The van der Waals surface area contributed by atoms with Crippen LogP contribution < -0.4 is 0 Å². The van der Waals surface area contributed by atoms with Crippen LogP contribution in [0.2, 0.25) is 15.1 Å². The Morgan fingerprint density at radius 1 is 0.548 bits per heavy atom. The fourth-order valence-corrected chi connectivity index (χ4v) is 4.29. The summed E-state index contributed by atoms with van der Waals surface area (Å²) < 4.78 is 0. The molecule has 0 bridgehead atoms. The molecule has 4 aromatic rings. The highest BCUT2D eigenvalue weighted by molar-refractivity contribution is 6.31. The number of Topliss-reactive ketones (excluding diaryl/α,β-unsaturated/α-hetero) is 1. The van der Waals surface area contributed by atoms with Crippen molar-refractivity contribution in [3.63, 3.8) is 0 Å². The Hall–Kier alpha value is -2.58. The highest BCUT2D eigenvalue weighted by atomic mass is 35.5. The molecule has 4 aromatic carbocycles. The van der Waals surface area contributed by atoms with Crippen LogP contribution in [0.4, 0.5) is 0 Å². The van der Waals surface area contributed by atoms with Gasteiger partial charge >= 0.3 is 0 Å². The summed E-state index contributed by atoms with van der Waals surface area (Å²) in [7, 11) is 0. The van der Waals surface area contributed by atoms with Crippen LogP contribution in [0.5, 0.6) is 0 Å². The van der Waals surface area contributed by atoms with E-state index in [0.717, 1.165) is 22.3 Å². The molecule has 0 atom stereocenters. The van der Waals surface area contributed by atoms with E-state index < -0.39 is 5.41 Å². The maximum absolute atomic E-state index is 14.3. The Kier molecular flexibility index (Phi) is 6.20. The van der Waals surface area contributed by atoms with E-state index in [1.807, 2.05) is 67.6 Å². The Morgan fingerprint density at radius 2 is 0.871 bits per heavy atom. The SMILES string of the molecule is Cc1ccc(C(=O)C(c2ccc(Cl)cc2)(c2ccc(Cl)cc2)c2ccc(Cl)cc2)cc1. The van der Waals surface area contributed by atoms with Crippen molar-refractivity contribution >= 4 is 40.6 Å². The summed E-state index contributed by atoms with van der Waals surface area (Å²) in [6, 6.07) is 29.9. The molecule has 0 spiro atoms. The number of carbonyl (C=O) groups excluding carboxylic acids is 1. The smallest absolute Gasteiger partial charge is 0.182 e. The van der Waals surface area contributed by atoms with Crippen LogP contribution in [0.1, 0.15) is 32.6 Å². The highest BCUT2D eigenvalue weighted by Crippen LogP contribution is 2.43. The monoisotopic (exact) mass is 464 g/mol. The zero-order valence-electron chi connectivity index (χ0n) is 16.8. The molecule has 4 heteroatoms. The van der Waals surface area contributed by atoms with Gasteiger partial charge in [0.05, 0.1) is 0 Å². The maximum Gasteiger partial charge on any atom is 0.182 e. The number of rotatable bonds is 5. The van der Waals surface area contributed by atoms with Gasteiger partial charge in [-0.05, 0) is 60.0 Å². The summed E-state index contributed by atoms with van der Waals surface area (Å²) in [6.45, 7) is 2.00. The van der Waals surface area contributed by atoms with E-state index in [-0.39, 0.29) is 5.78 Å². The molecule has 0 radical (unpaired) electrons. The molecule has 0 aliphatic rings. The lowest BCUT2D eigenvalue weighted by molar-refractivity contribution is 0.0935. The first kappa shape index (κ1) is 21.6. The molecular formula is C27H19Cl3O. The molecule has 0 amide bonds. The van der Waals surface area contributed by atoms with Gasteiger partial charge in [-0.15, -0.1) is 0 Å². The third kappa shape index (κ3) is 4.14. The van der Waals surface area contributed by atoms with E-state index >= 15 is 0 Å². The van der Waals surface area contributed by atoms with Crippen molar-refractivity contribution < 1.29 is 4.79 Å². The molecule has 0 unspecified atom stereocenters. The Bertz CT molecular complexity index is 1080. The lowest BCUT2D eigenvalue weighted by atomic mass is 9.65. The molecule has 31 heavy (non-hydrogen) atoms. The van der Waals surface area contributed by atoms with Gasteiger partial charge in [0.25, 0.3) is 0 Å². The van der Waals surface area contributed by atoms with E-state index in [1.54, 1.807) is 36.4 Å². The predicted molar refractivity (Wildman–Crippen MR) is 130 cm³/mol. The Morgan fingerprint density at radius 3 is 1.19 bits per heavy atom.